The summed E-state index contributed by atoms with van der Waals surface area (Å²) in [6.07, 6.45) is 6.64. The third-order valence-corrected chi connectivity index (χ3v) is 5.04. The third kappa shape index (κ3) is 10.1. The van der Waals surface area contributed by atoms with Crippen LogP contribution in [0.1, 0.15) is 107 Å². The first-order chi connectivity index (χ1) is 13.8. The predicted octanol–water partition coefficient (Wildman–Crippen LogP) is 8.09. The van der Waals surface area contributed by atoms with Gasteiger partial charge in [0.2, 0.25) is 0 Å². The van der Waals surface area contributed by atoms with E-state index in [0.29, 0.717) is 18.9 Å². The SMILES string of the molecule is CCCCCCCCC(CCCCCC)OC(=O)c1ccc(F)cc1C(F)(F)F. The highest BCUT2D eigenvalue weighted by atomic mass is 19.4. The molecule has 0 bridgehead atoms. The second-order valence-electron chi connectivity index (χ2n) is 7.62. The number of halogens is 4. The number of hydrogen-bond donors (Lipinski definition) is 0. The van der Waals surface area contributed by atoms with Gasteiger partial charge in [0.1, 0.15) is 11.9 Å². The lowest BCUT2D eigenvalue weighted by atomic mass is 10.0. The van der Waals surface area contributed by atoms with Crippen LogP contribution in [-0.2, 0) is 10.9 Å². The molecule has 0 saturated carbocycles. The van der Waals surface area contributed by atoms with Crippen LogP contribution in [0.2, 0.25) is 0 Å². The maximum absolute atomic E-state index is 13.3. The summed E-state index contributed by atoms with van der Waals surface area (Å²) < 4.78 is 58.3. The molecule has 1 aromatic carbocycles. The van der Waals surface area contributed by atoms with E-state index in [1.54, 1.807) is 0 Å². The molecule has 0 fully saturated rings. The fourth-order valence-corrected chi connectivity index (χ4v) is 3.36. The summed E-state index contributed by atoms with van der Waals surface area (Å²) in [5.74, 6) is -2.05. The molecule has 0 N–H and O–H groups in total. The van der Waals surface area contributed by atoms with Crippen molar-refractivity contribution >= 4 is 5.97 Å². The van der Waals surface area contributed by atoms with Crippen molar-refractivity contribution in [1.29, 1.82) is 0 Å². The molecule has 1 unspecified atom stereocenters. The monoisotopic (exact) mass is 418 g/mol. The Labute approximate surface area is 172 Å². The van der Waals surface area contributed by atoms with E-state index in [-0.39, 0.29) is 0 Å². The van der Waals surface area contributed by atoms with Gasteiger partial charge in [-0.15, -0.1) is 0 Å². The first-order valence-corrected chi connectivity index (χ1v) is 10.9. The molecule has 0 aliphatic rings. The highest BCUT2D eigenvalue weighted by Gasteiger charge is 2.36. The molecular formula is C23H34F4O2. The minimum Gasteiger partial charge on any atom is -0.459 e. The van der Waals surface area contributed by atoms with E-state index in [1.165, 1.54) is 12.8 Å². The Hall–Kier alpha value is -1.59. The van der Waals surface area contributed by atoms with E-state index in [1.807, 2.05) is 0 Å². The minimum absolute atomic E-state index is 0.348. The van der Waals surface area contributed by atoms with Gasteiger partial charge in [-0.3, -0.25) is 0 Å². The van der Waals surface area contributed by atoms with Crippen molar-refractivity contribution in [2.24, 2.45) is 0 Å². The number of benzene rings is 1. The topological polar surface area (TPSA) is 26.3 Å². The van der Waals surface area contributed by atoms with Crippen molar-refractivity contribution < 1.29 is 27.1 Å². The molecule has 0 spiro atoms. The Balaban J connectivity index is 2.74. The van der Waals surface area contributed by atoms with E-state index < -0.39 is 35.2 Å². The number of rotatable bonds is 14. The zero-order valence-corrected chi connectivity index (χ0v) is 17.6. The molecule has 166 valence electrons. The number of alkyl halides is 3. The van der Waals surface area contributed by atoms with Gasteiger partial charge in [-0.2, -0.15) is 13.2 Å². The summed E-state index contributed by atoms with van der Waals surface area (Å²) in [6, 6.07) is 2.07. The van der Waals surface area contributed by atoms with Gasteiger partial charge >= 0.3 is 12.1 Å². The van der Waals surface area contributed by atoms with E-state index in [9.17, 15) is 22.4 Å². The molecule has 29 heavy (non-hydrogen) atoms. The molecule has 0 amide bonds. The van der Waals surface area contributed by atoms with Crippen LogP contribution in [0.4, 0.5) is 17.6 Å². The zero-order valence-electron chi connectivity index (χ0n) is 17.6. The average Bonchev–Trinajstić information content (AvgIpc) is 2.66. The fraction of sp³-hybridized carbons (Fsp3) is 0.696. The highest BCUT2D eigenvalue weighted by Crippen LogP contribution is 2.33. The van der Waals surface area contributed by atoms with Crippen LogP contribution in [0.5, 0.6) is 0 Å². The largest absolute Gasteiger partial charge is 0.459 e. The normalized spacial score (nSPS) is 12.8. The van der Waals surface area contributed by atoms with E-state index in [2.05, 4.69) is 13.8 Å². The second-order valence-corrected chi connectivity index (χ2v) is 7.62. The van der Waals surface area contributed by atoms with Gasteiger partial charge in [0.25, 0.3) is 0 Å². The Morgan fingerprint density at radius 2 is 1.41 bits per heavy atom. The van der Waals surface area contributed by atoms with Crippen LogP contribution in [-0.4, -0.2) is 12.1 Å². The summed E-state index contributed by atoms with van der Waals surface area (Å²) in [6.45, 7) is 4.25. The Bertz CT molecular complexity index is 599. The Morgan fingerprint density at radius 3 is 1.97 bits per heavy atom. The highest BCUT2D eigenvalue weighted by molar-refractivity contribution is 5.91. The van der Waals surface area contributed by atoms with Gasteiger partial charge in [0.15, 0.2) is 0 Å². The molecule has 1 aromatic rings. The van der Waals surface area contributed by atoms with Gasteiger partial charge < -0.3 is 4.74 Å². The lowest BCUT2D eigenvalue weighted by Crippen LogP contribution is -2.22. The molecular weight excluding hydrogens is 384 g/mol. The zero-order chi connectivity index (χ0) is 21.7. The molecule has 0 heterocycles. The van der Waals surface area contributed by atoms with E-state index in [4.69, 9.17) is 4.74 Å². The molecule has 6 heteroatoms. The quantitative estimate of drug-likeness (QED) is 0.173. The molecule has 1 rings (SSSR count). The molecule has 2 nitrogen and oxygen atoms in total. The van der Waals surface area contributed by atoms with E-state index in [0.717, 1.165) is 63.5 Å². The van der Waals surface area contributed by atoms with Gasteiger partial charge in [0.05, 0.1) is 11.1 Å². The van der Waals surface area contributed by atoms with E-state index >= 15 is 0 Å². The minimum atomic E-state index is -4.81. The van der Waals surface area contributed by atoms with Crippen LogP contribution >= 0.6 is 0 Å². The van der Waals surface area contributed by atoms with Crippen molar-refractivity contribution in [3.8, 4) is 0 Å². The van der Waals surface area contributed by atoms with Crippen LogP contribution in [0.3, 0.4) is 0 Å². The Kier molecular flexibility index (Phi) is 11.9. The number of carbonyl (C=O) groups is 1. The lowest BCUT2D eigenvalue weighted by Gasteiger charge is -2.20. The third-order valence-electron chi connectivity index (χ3n) is 5.04. The molecule has 0 aliphatic heterocycles. The standard InChI is InChI=1S/C23H34F4O2/c1-3-5-7-9-10-12-14-19(13-11-8-6-4-2)29-22(28)20-16-15-18(24)17-21(20)23(25,26)27/h15-17,19H,3-14H2,1-2H3. The number of hydrogen-bond acceptors (Lipinski definition) is 2. The summed E-state index contributed by atoms with van der Waals surface area (Å²) >= 11 is 0. The molecule has 1 atom stereocenters. The summed E-state index contributed by atoms with van der Waals surface area (Å²) in [4.78, 5) is 12.5. The van der Waals surface area contributed by atoms with Gasteiger partial charge in [-0.05, 0) is 43.9 Å². The van der Waals surface area contributed by atoms with Crippen LogP contribution < -0.4 is 0 Å². The number of unbranched alkanes of at least 4 members (excludes halogenated alkanes) is 8. The van der Waals surface area contributed by atoms with Crippen molar-refractivity contribution in [3.05, 3.63) is 35.1 Å². The Morgan fingerprint density at radius 1 is 0.897 bits per heavy atom. The lowest BCUT2D eigenvalue weighted by molar-refractivity contribution is -0.138. The number of ether oxygens (including phenoxy) is 1. The molecule has 0 aromatic heterocycles. The smallest absolute Gasteiger partial charge is 0.417 e. The van der Waals surface area contributed by atoms with Gasteiger partial charge in [-0.1, -0.05) is 65.2 Å². The maximum Gasteiger partial charge on any atom is 0.417 e. The van der Waals surface area contributed by atoms with Gasteiger partial charge in [0, 0.05) is 0 Å². The number of esters is 1. The summed E-state index contributed by atoms with van der Waals surface area (Å²) in [5, 5.41) is 0. The predicted molar refractivity (Wildman–Crippen MR) is 107 cm³/mol. The van der Waals surface area contributed by atoms with Gasteiger partial charge in [-0.25, -0.2) is 9.18 Å². The second kappa shape index (κ2) is 13.6. The first kappa shape index (κ1) is 25.4. The fourth-order valence-electron chi connectivity index (χ4n) is 3.36. The average molecular weight is 419 g/mol. The maximum atomic E-state index is 13.3. The summed E-state index contributed by atoms with van der Waals surface area (Å²) in [7, 11) is 0. The first-order valence-electron chi connectivity index (χ1n) is 10.9. The summed E-state index contributed by atoms with van der Waals surface area (Å²) in [5.41, 5.74) is -1.91. The van der Waals surface area contributed by atoms with Crippen molar-refractivity contribution in [2.45, 2.75) is 103 Å². The molecule has 0 radical (unpaired) electrons. The number of carbonyl (C=O) groups excluding carboxylic acids is 1. The van der Waals surface area contributed by atoms with Crippen LogP contribution in [0.25, 0.3) is 0 Å². The van der Waals surface area contributed by atoms with Crippen molar-refractivity contribution in [3.63, 3.8) is 0 Å². The molecule has 0 saturated heterocycles. The van der Waals surface area contributed by atoms with Crippen molar-refractivity contribution in [2.75, 3.05) is 0 Å². The van der Waals surface area contributed by atoms with Crippen LogP contribution in [0, 0.1) is 5.82 Å². The van der Waals surface area contributed by atoms with Crippen LogP contribution in [0.15, 0.2) is 18.2 Å². The van der Waals surface area contributed by atoms with Crippen molar-refractivity contribution in [1.82, 2.24) is 0 Å². The molecule has 0 aliphatic carbocycles.